The number of nitrogens with zero attached hydrogens (tertiary/aromatic N) is 5. The van der Waals surface area contributed by atoms with Crippen LogP contribution < -0.4 is 10.2 Å². The van der Waals surface area contributed by atoms with Crippen LogP contribution in [0.15, 0.2) is 55.0 Å². The van der Waals surface area contributed by atoms with Crippen molar-refractivity contribution < 1.29 is 9.90 Å². The summed E-state index contributed by atoms with van der Waals surface area (Å²) in [5, 5.41) is 19.4. The van der Waals surface area contributed by atoms with Crippen molar-refractivity contribution in [2.24, 2.45) is 12.5 Å². The lowest BCUT2D eigenvalue weighted by molar-refractivity contribution is 0.0991. The number of aromatic nitrogens is 4. The van der Waals surface area contributed by atoms with Gasteiger partial charge in [0.15, 0.2) is 5.78 Å². The summed E-state index contributed by atoms with van der Waals surface area (Å²) in [7, 11) is 1.82. The number of carbonyl (C=O) groups is 1. The van der Waals surface area contributed by atoms with Gasteiger partial charge in [0.25, 0.3) is 0 Å². The van der Waals surface area contributed by atoms with Crippen LogP contribution in [0.2, 0.25) is 0 Å². The highest BCUT2D eigenvalue weighted by atomic mass is 16.3. The van der Waals surface area contributed by atoms with Gasteiger partial charge in [0.05, 0.1) is 24.9 Å². The molecule has 6 rings (SSSR count). The first-order valence-electron chi connectivity index (χ1n) is 12.5. The van der Waals surface area contributed by atoms with Gasteiger partial charge < -0.3 is 15.3 Å². The SMILES string of the molecule is Cn1ncc(-c2ccc3cnc(CC(=O)c4ccnc(N5CCC6(CC5)CNC6)c4)cc3c2)c1CO. The van der Waals surface area contributed by atoms with Crippen molar-refractivity contribution in [1.82, 2.24) is 25.1 Å². The quantitative estimate of drug-likeness (QED) is 0.408. The maximum absolute atomic E-state index is 13.2. The third-order valence-electron chi connectivity index (χ3n) is 7.86. The van der Waals surface area contributed by atoms with Crippen LogP contribution in [-0.2, 0) is 20.1 Å². The molecule has 0 aliphatic carbocycles. The molecule has 5 heterocycles. The van der Waals surface area contributed by atoms with Crippen LogP contribution in [0.1, 0.15) is 34.6 Å². The first-order valence-corrected chi connectivity index (χ1v) is 12.5. The van der Waals surface area contributed by atoms with Gasteiger partial charge in [-0.05, 0) is 53.5 Å². The lowest BCUT2D eigenvalue weighted by Crippen LogP contribution is -2.58. The molecule has 2 N–H and O–H groups in total. The number of rotatable bonds is 6. The largest absolute Gasteiger partial charge is 0.390 e. The summed E-state index contributed by atoms with van der Waals surface area (Å²) in [6.45, 7) is 4.13. The van der Waals surface area contributed by atoms with E-state index in [1.165, 1.54) is 12.8 Å². The van der Waals surface area contributed by atoms with Crippen LogP contribution in [0, 0.1) is 5.41 Å². The fraction of sp³-hybridized carbons (Fsp3) is 0.357. The summed E-state index contributed by atoms with van der Waals surface area (Å²) in [6, 6.07) is 11.8. The van der Waals surface area contributed by atoms with Crippen LogP contribution in [0.5, 0.6) is 0 Å². The van der Waals surface area contributed by atoms with E-state index in [4.69, 9.17) is 0 Å². The first kappa shape index (κ1) is 22.8. The number of benzene rings is 1. The van der Waals surface area contributed by atoms with Crippen molar-refractivity contribution in [3.63, 3.8) is 0 Å². The third-order valence-corrected chi connectivity index (χ3v) is 7.86. The van der Waals surface area contributed by atoms with E-state index in [1.807, 2.05) is 37.5 Å². The van der Waals surface area contributed by atoms with Crippen molar-refractivity contribution in [3.8, 4) is 11.1 Å². The van der Waals surface area contributed by atoms with E-state index in [2.05, 4.69) is 31.3 Å². The number of aliphatic hydroxyl groups excluding tert-OH is 1. The molecule has 0 unspecified atom stereocenters. The Labute approximate surface area is 210 Å². The van der Waals surface area contributed by atoms with E-state index < -0.39 is 0 Å². The minimum Gasteiger partial charge on any atom is -0.390 e. The Morgan fingerprint density at radius 2 is 1.89 bits per heavy atom. The fourth-order valence-corrected chi connectivity index (χ4v) is 5.42. The molecule has 1 spiro atoms. The number of aliphatic hydroxyl groups is 1. The smallest absolute Gasteiger partial charge is 0.169 e. The Morgan fingerprint density at radius 1 is 1.06 bits per heavy atom. The highest BCUT2D eigenvalue weighted by Gasteiger charge is 2.39. The number of ketones is 1. The monoisotopic (exact) mass is 482 g/mol. The maximum atomic E-state index is 13.2. The number of fused-ring (bicyclic) bond motifs is 1. The average Bonchev–Trinajstić information content (AvgIpc) is 3.27. The molecule has 2 aliphatic rings. The van der Waals surface area contributed by atoms with Gasteiger partial charge in [-0.15, -0.1) is 0 Å². The number of piperidine rings is 1. The van der Waals surface area contributed by atoms with Crippen LogP contribution in [0.25, 0.3) is 21.9 Å². The average molecular weight is 483 g/mol. The number of Topliss-reactive ketones (excluding diaryl/α,β-unsaturated/α-hetero) is 1. The molecule has 0 amide bonds. The number of anilines is 1. The molecular formula is C28H30N6O2. The molecule has 4 aromatic rings. The summed E-state index contributed by atoms with van der Waals surface area (Å²) >= 11 is 0. The molecule has 0 atom stereocenters. The Kier molecular flexibility index (Phi) is 5.78. The van der Waals surface area contributed by atoms with Gasteiger partial charge in [0.1, 0.15) is 5.82 Å². The molecule has 2 fully saturated rings. The molecule has 0 radical (unpaired) electrons. The normalized spacial score (nSPS) is 16.9. The summed E-state index contributed by atoms with van der Waals surface area (Å²) < 4.78 is 1.69. The molecule has 2 aliphatic heterocycles. The Bertz CT molecular complexity index is 1430. The van der Waals surface area contributed by atoms with E-state index in [0.717, 1.165) is 65.3 Å². The van der Waals surface area contributed by atoms with Gasteiger partial charge in [0.2, 0.25) is 0 Å². The van der Waals surface area contributed by atoms with Gasteiger partial charge in [-0.2, -0.15) is 5.10 Å². The molecule has 8 heteroatoms. The number of carbonyl (C=O) groups excluding carboxylic acids is 1. The topological polar surface area (TPSA) is 96.2 Å². The molecule has 0 saturated carbocycles. The fourth-order valence-electron chi connectivity index (χ4n) is 5.42. The summed E-state index contributed by atoms with van der Waals surface area (Å²) in [4.78, 5) is 24.6. The molecule has 2 saturated heterocycles. The standard InChI is InChI=1S/C28H30N6O2/c1-33-25(16-35)24(15-32-33)19-2-3-21-14-31-23(11-22(21)10-19)13-26(36)20-4-7-30-27(12-20)34-8-5-28(6-9-34)17-29-18-28/h2-4,7,10-12,14-15,29,35H,5-6,8-9,13,16-18H2,1H3. The van der Waals surface area contributed by atoms with Gasteiger partial charge in [-0.25, -0.2) is 4.98 Å². The number of nitrogens with one attached hydrogen (secondary N) is 1. The Balaban J connectivity index is 1.20. The highest BCUT2D eigenvalue weighted by Crippen LogP contribution is 2.36. The molecule has 0 bridgehead atoms. The van der Waals surface area contributed by atoms with Crippen LogP contribution >= 0.6 is 0 Å². The second kappa shape index (κ2) is 9.11. The molecular weight excluding hydrogens is 452 g/mol. The molecule has 3 aromatic heterocycles. The molecule has 8 nitrogen and oxygen atoms in total. The van der Waals surface area contributed by atoms with Crippen molar-refractivity contribution in [2.75, 3.05) is 31.1 Å². The van der Waals surface area contributed by atoms with E-state index in [1.54, 1.807) is 23.1 Å². The van der Waals surface area contributed by atoms with Crippen LogP contribution in [0.3, 0.4) is 0 Å². The summed E-state index contributed by atoms with van der Waals surface area (Å²) in [5.41, 5.74) is 4.52. The zero-order valence-electron chi connectivity index (χ0n) is 20.4. The predicted octanol–water partition coefficient (Wildman–Crippen LogP) is 3.14. The molecule has 36 heavy (non-hydrogen) atoms. The molecule has 184 valence electrons. The van der Waals surface area contributed by atoms with Crippen molar-refractivity contribution >= 4 is 22.4 Å². The van der Waals surface area contributed by atoms with Crippen LogP contribution in [-0.4, -0.2) is 56.8 Å². The minimum atomic E-state index is -0.0800. The minimum absolute atomic E-state index is 0.0353. The summed E-state index contributed by atoms with van der Waals surface area (Å²) in [6.07, 6.45) is 7.89. The Morgan fingerprint density at radius 3 is 2.64 bits per heavy atom. The summed E-state index contributed by atoms with van der Waals surface area (Å²) in [5.74, 6) is 0.920. The van der Waals surface area contributed by atoms with Crippen molar-refractivity contribution in [2.45, 2.75) is 25.9 Å². The maximum Gasteiger partial charge on any atom is 0.169 e. The number of hydrogen-bond donors (Lipinski definition) is 2. The zero-order chi connectivity index (χ0) is 24.7. The lowest BCUT2D eigenvalue weighted by Gasteiger charge is -2.48. The van der Waals surface area contributed by atoms with E-state index in [0.29, 0.717) is 11.0 Å². The van der Waals surface area contributed by atoms with Crippen LogP contribution in [0.4, 0.5) is 5.82 Å². The van der Waals surface area contributed by atoms with Crippen molar-refractivity contribution in [1.29, 1.82) is 0 Å². The second-order valence-corrected chi connectivity index (χ2v) is 10.1. The van der Waals surface area contributed by atoms with Gasteiger partial charge in [-0.1, -0.05) is 12.1 Å². The third kappa shape index (κ3) is 4.16. The zero-order valence-corrected chi connectivity index (χ0v) is 20.4. The van der Waals surface area contributed by atoms with Gasteiger partial charge in [-0.3, -0.25) is 14.5 Å². The predicted molar refractivity (Wildman–Crippen MR) is 139 cm³/mol. The van der Waals surface area contributed by atoms with E-state index in [-0.39, 0.29) is 18.8 Å². The van der Waals surface area contributed by atoms with Gasteiger partial charge in [0, 0.05) is 67.8 Å². The number of aryl methyl sites for hydroxylation is 1. The molecule has 1 aromatic carbocycles. The Hall–Kier alpha value is -3.62. The van der Waals surface area contributed by atoms with Crippen molar-refractivity contribution in [3.05, 3.63) is 71.9 Å². The second-order valence-electron chi connectivity index (χ2n) is 10.1. The number of hydrogen-bond acceptors (Lipinski definition) is 7. The first-order chi connectivity index (χ1) is 17.5. The number of pyridine rings is 2. The van der Waals surface area contributed by atoms with E-state index >= 15 is 0 Å². The lowest BCUT2D eigenvalue weighted by atomic mass is 9.73. The van der Waals surface area contributed by atoms with E-state index in [9.17, 15) is 9.90 Å². The van der Waals surface area contributed by atoms with Gasteiger partial charge >= 0.3 is 0 Å². The highest BCUT2D eigenvalue weighted by molar-refractivity contribution is 5.98.